The van der Waals surface area contributed by atoms with E-state index in [9.17, 15) is 14.4 Å². The van der Waals surface area contributed by atoms with Gasteiger partial charge in [0.15, 0.2) is 5.78 Å². The molecule has 5 rings (SSSR count). The van der Waals surface area contributed by atoms with Gasteiger partial charge >= 0.3 is 5.69 Å². The number of hydrogen-bond acceptors (Lipinski definition) is 3. The first-order valence-corrected chi connectivity index (χ1v) is 11.2. The number of benzene rings is 3. The Morgan fingerprint density at radius 2 is 1.62 bits per heavy atom. The van der Waals surface area contributed by atoms with E-state index in [1.54, 1.807) is 48.0 Å². The molecular formula is C27H22ClN3O3. The molecule has 7 heteroatoms. The highest BCUT2D eigenvalue weighted by molar-refractivity contribution is 6.30. The number of carbonyl (C=O) groups excluding carboxylic acids is 1. The Bertz CT molecular complexity index is 1720. The highest BCUT2D eigenvalue weighted by Gasteiger charge is 2.23. The molecule has 5 aromatic rings. The first-order valence-electron chi connectivity index (χ1n) is 10.9. The summed E-state index contributed by atoms with van der Waals surface area (Å²) in [4.78, 5) is 40.8. The van der Waals surface area contributed by atoms with Crippen molar-refractivity contribution in [3.05, 3.63) is 109 Å². The van der Waals surface area contributed by atoms with Gasteiger partial charge in [0.25, 0.3) is 5.56 Å². The molecule has 170 valence electrons. The van der Waals surface area contributed by atoms with E-state index in [4.69, 9.17) is 11.6 Å². The fourth-order valence-electron chi connectivity index (χ4n) is 4.51. The van der Waals surface area contributed by atoms with Crippen LogP contribution in [0, 0.1) is 13.8 Å². The summed E-state index contributed by atoms with van der Waals surface area (Å²) >= 11 is 5.98. The molecule has 0 amide bonds. The van der Waals surface area contributed by atoms with Crippen molar-refractivity contribution >= 4 is 39.3 Å². The highest BCUT2D eigenvalue weighted by atomic mass is 35.5. The third-order valence-electron chi connectivity index (χ3n) is 6.25. The van der Waals surface area contributed by atoms with Gasteiger partial charge in [0.1, 0.15) is 5.52 Å². The Morgan fingerprint density at radius 3 is 2.32 bits per heavy atom. The molecule has 0 N–H and O–H groups in total. The Kier molecular flexibility index (Phi) is 5.25. The van der Waals surface area contributed by atoms with Crippen molar-refractivity contribution in [3.63, 3.8) is 0 Å². The molecule has 3 aromatic carbocycles. The molecule has 0 aliphatic carbocycles. The van der Waals surface area contributed by atoms with Crippen LogP contribution in [0.4, 0.5) is 0 Å². The molecule has 2 aromatic heterocycles. The average Bonchev–Trinajstić information content (AvgIpc) is 3.10. The van der Waals surface area contributed by atoms with Crippen LogP contribution in [0.25, 0.3) is 27.6 Å². The monoisotopic (exact) mass is 471 g/mol. The van der Waals surface area contributed by atoms with Gasteiger partial charge in [-0.1, -0.05) is 41.4 Å². The maximum absolute atomic E-state index is 13.9. The molecule has 0 radical (unpaired) electrons. The standard InChI is InChI=1S/C27H22ClN3O3/c1-16-8-13-22-20(14-16)24-25(29(22)3)26(33)31(21-7-5-4-6-17(21)2)27(34)30(24)15-23(32)18-9-11-19(28)12-10-18/h4-14H,15H2,1-3H3. The summed E-state index contributed by atoms with van der Waals surface area (Å²) in [7, 11) is 1.80. The van der Waals surface area contributed by atoms with Crippen molar-refractivity contribution in [1.29, 1.82) is 0 Å². The van der Waals surface area contributed by atoms with E-state index in [0.29, 0.717) is 27.3 Å². The minimum Gasteiger partial charge on any atom is -0.338 e. The van der Waals surface area contributed by atoms with Crippen LogP contribution in [0.1, 0.15) is 21.5 Å². The fourth-order valence-corrected chi connectivity index (χ4v) is 4.64. The number of aromatic nitrogens is 3. The summed E-state index contributed by atoms with van der Waals surface area (Å²) in [5.41, 5.74) is 3.38. The van der Waals surface area contributed by atoms with Gasteiger partial charge in [-0.2, -0.15) is 0 Å². The molecule has 0 saturated heterocycles. The zero-order chi connectivity index (χ0) is 24.1. The summed E-state index contributed by atoms with van der Waals surface area (Å²) in [5, 5.41) is 1.28. The zero-order valence-electron chi connectivity index (χ0n) is 19.0. The van der Waals surface area contributed by atoms with Crippen molar-refractivity contribution < 1.29 is 4.79 Å². The summed E-state index contributed by atoms with van der Waals surface area (Å²) in [6.45, 7) is 3.59. The van der Waals surface area contributed by atoms with Crippen LogP contribution >= 0.6 is 11.6 Å². The minimum atomic E-state index is -0.553. The number of aryl methyl sites for hydroxylation is 3. The number of carbonyl (C=O) groups is 1. The van der Waals surface area contributed by atoms with Gasteiger partial charge in [0.05, 0.1) is 23.3 Å². The smallest absolute Gasteiger partial charge is 0.336 e. The summed E-state index contributed by atoms with van der Waals surface area (Å²) in [6.07, 6.45) is 0. The zero-order valence-corrected chi connectivity index (χ0v) is 19.8. The Labute approximate surface area is 200 Å². The van der Waals surface area contributed by atoms with E-state index in [1.807, 2.05) is 44.2 Å². The summed E-state index contributed by atoms with van der Waals surface area (Å²) < 4.78 is 4.38. The number of halogens is 1. The summed E-state index contributed by atoms with van der Waals surface area (Å²) in [5.74, 6) is -0.250. The van der Waals surface area contributed by atoms with Gasteiger partial charge in [0, 0.05) is 23.0 Å². The maximum Gasteiger partial charge on any atom is 0.336 e. The molecular weight excluding hydrogens is 450 g/mol. The first kappa shape index (κ1) is 21.9. The molecule has 0 atom stereocenters. The molecule has 0 saturated carbocycles. The molecule has 0 spiro atoms. The van der Waals surface area contributed by atoms with Crippen molar-refractivity contribution in [2.75, 3.05) is 0 Å². The number of para-hydroxylation sites is 1. The Balaban J connectivity index is 1.89. The molecule has 0 unspecified atom stereocenters. The predicted molar refractivity (Wildman–Crippen MR) is 136 cm³/mol. The number of rotatable bonds is 4. The van der Waals surface area contributed by atoms with Gasteiger partial charge in [-0.05, 0) is 61.9 Å². The van der Waals surface area contributed by atoms with E-state index in [2.05, 4.69) is 0 Å². The number of hydrogen-bond donors (Lipinski definition) is 0. The Morgan fingerprint density at radius 1 is 0.912 bits per heavy atom. The molecule has 34 heavy (non-hydrogen) atoms. The van der Waals surface area contributed by atoms with Crippen LogP contribution in [-0.2, 0) is 13.6 Å². The molecule has 0 fully saturated rings. The van der Waals surface area contributed by atoms with E-state index in [1.165, 1.54) is 9.13 Å². The third-order valence-corrected chi connectivity index (χ3v) is 6.50. The predicted octanol–water partition coefficient (Wildman–Crippen LogP) is 4.80. The molecule has 6 nitrogen and oxygen atoms in total. The number of ketones is 1. The second-order valence-electron chi connectivity index (χ2n) is 8.50. The van der Waals surface area contributed by atoms with Crippen LogP contribution in [-0.4, -0.2) is 19.5 Å². The number of fused-ring (bicyclic) bond motifs is 3. The van der Waals surface area contributed by atoms with Gasteiger partial charge in [-0.15, -0.1) is 0 Å². The van der Waals surface area contributed by atoms with Gasteiger partial charge in [-0.3, -0.25) is 14.2 Å². The maximum atomic E-state index is 13.9. The topological polar surface area (TPSA) is 66.0 Å². The molecule has 0 bridgehead atoms. The Hall–Kier alpha value is -3.90. The van der Waals surface area contributed by atoms with Gasteiger partial charge in [-0.25, -0.2) is 9.36 Å². The normalized spacial score (nSPS) is 11.4. The van der Waals surface area contributed by atoms with Crippen molar-refractivity contribution in [3.8, 4) is 5.69 Å². The molecule has 2 heterocycles. The number of Topliss-reactive ketones (excluding diaryl/α,β-unsaturated/α-hetero) is 1. The van der Waals surface area contributed by atoms with Crippen LogP contribution in [0.5, 0.6) is 0 Å². The number of nitrogens with zero attached hydrogens (tertiary/aromatic N) is 3. The lowest BCUT2D eigenvalue weighted by Crippen LogP contribution is -2.40. The lowest BCUT2D eigenvalue weighted by atomic mass is 10.1. The van der Waals surface area contributed by atoms with E-state index in [0.717, 1.165) is 22.0 Å². The van der Waals surface area contributed by atoms with Crippen molar-refractivity contribution in [1.82, 2.24) is 13.7 Å². The van der Waals surface area contributed by atoms with Crippen molar-refractivity contribution in [2.45, 2.75) is 20.4 Å². The van der Waals surface area contributed by atoms with Crippen LogP contribution in [0.2, 0.25) is 5.02 Å². The van der Waals surface area contributed by atoms with E-state index >= 15 is 0 Å². The van der Waals surface area contributed by atoms with E-state index in [-0.39, 0.29) is 12.3 Å². The lowest BCUT2D eigenvalue weighted by molar-refractivity contribution is 0.0971. The minimum absolute atomic E-state index is 0.212. The van der Waals surface area contributed by atoms with Crippen LogP contribution in [0.15, 0.2) is 76.3 Å². The fraction of sp³-hybridized carbons (Fsp3) is 0.148. The largest absolute Gasteiger partial charge is 0.338 e. The first-order chi connectivity index (χ1) is 16.3. The van der Waals surface area contributed by atoms with Crippen LogP contribution < -0.4 is 11.2 Å². The average molecular weight is 472 g/mol. The van der Waals surface area contributed by atoms with Crippen molar-refractivity contribution in [2.24, 2.45) is 7.05 Å². The SMILES string of the molecule is Cc1ccc2c(c1)c1c(c(=O)n(-c3ccccc3C)c(=O)n1CC(=O)c1ccc(Cl)cc1)n2C. The second kappa shape index (κ2) is 8.15. The van der Waals surface area contributed by atoms with Gasteiger partial charge in [0.2, 0.25) is 0 Å². The quantitative estimate of drug-likeness (QED) is 0.354. The summed E-state index contributed by atoms with van der Waals surface area (Å²) in [6, 6.07) is 19.6. The second-order valence-corrected chi connectivity index (χ2v) is 8.94. The highest BCUT2D eigenvalue weighted by Crippen LogP contribution is 2.27. The van der Waals surface area contributed by atoms with Crippen LogP contribution in [0.3, 0.4) is 0 Å². The van der Waals surface area contributed by atoms with E-state index < -0.39 is 11.2 Å². The van der Waals surface area contributed by atoms with Gasteiger partial charge < -0.3 is 4.57 Å². The lowest BCUT2D eigenvalue weighted by Gasteiger charge is -2.14. The molecule has 0 aliphatic rings. The molecule has 0 aliphatic heterocycles. The third kappa shape index (κ3) is 3.38.